The fourth-order valence-corrected chi connectivity index (χ4v) is 7.45. The molecule has 2 N–H and O–H groups in total. The van der Waals surface area contributed by atoms with Crippen LogP contribution in [0.2, 0.25) is 0 Å². The number of anilines is 1. The van der Waals surface area contributed by atoms with Gasteiger partial charge in [-0.1, -0.05) is 18.2 Å². The summed E-state index contributed by atoms with van der Waals surface area (Å²) in [5, 5.41) is 21.8. The van der Waals surface area contributed by atoms with Crippen LogP contribution in [0.25, 0.3) is 0 Å². The van der Waals surface area contributed by atoms with Gasteiger partial charge >= 0.3 is 0 Å². The van der Waals surface area contributed by atoms with Crippen LogP contribution < -0.4 is 4.90 Å². The monoisotopic (exact) mass is 370 g/mol. The quantitative estimate of drug-likeness (QED) is 0.762. The van der Waals surface area contributed by atoms with E-state index in [4.69, 9.17) is 4.74 Å². The molecule has 1 unspecified atom stereocenters. The van der Waals surface area contributed by atoms with Crippen molar-refractivity contribution in [1.29, 1.82) is 0 Å². The Morgan fingerprint density at radius 3 is 2.93 bits per heavy atom. The fourth-order valence-electron chi connectivity index (χ4n) is 7.45. The summed E-state index contributed by atoms with van der Waals surface area (Å²) in [7, 11) is 0. The van der Waals surface area contributed by atoms with E-state index in [2.05, 4.69) is 17.9 Å². The third-order valence-electron chi connectivity index (χ3n) is 8.46. The minimum atomic E-state index is -0.924. The number of carbonyl (C=O) groups excluding carboxylic acids is 1. The highest BCUT2D eigenvalue weighted by Crippen LogP contribution is 2.67. The van der Waals surface area contributed by atoms with E-state index < -0.39 is 17.7 Å². The van der Waals surface area contributed by atoms with E-state index in [1.807, 2.05) is 23.1 Å². The number of ether oxygens (including phenoxy) is 1. The average Bonchev–Trinajstić information content (AvgIpc) is 3.16. The van der Waals surface area contributed by atoms with Crippen LogP contribution in [0.4, 0.5) is 5.69 Å². The molecule has 1 aromatic rings. The van der Waals surface area contributed by atoms with Gasteiger partial charge in [0.15, 0.2) is 0 Å². The van der Waals surface area contributed by atoms with Crippen molar-refractivity contribution >= 4 is 11.6 Å². The highest BCUT2D eigenvalue weighted by atomic mass is 16.5. The van der Waals surface area contributed by atoms with E-state index in [1.165, 1.54) is 0 Å². The van der Waals surface area contributed by atoms with Crippen LogP contribution in [-0.2, 0) is 14.9 Å². The second-order valence-corrected chi connectivity index (χ2v) is 9.10. The molecular weight excluding hydrogens is 344 g/mol. The summed E-state index contributed by atoms with van der Waals surface area (Å²) in [5.41, 5.74) is 0.508. The van der Waals surface area contributed by atoms with Crippen molar-refractivity contribution in [2.24, 2.45) is 17.8 Å². The summed E-state index contributed by atoms with van der Waals surface area (Å²) in [6.45, 7) is 3.95. The number of aliphatic hydroxyl groups is 2. The molecule has 144 valence electrons. The van der Waals surface area contributed by atoms with Crippen molar-refractivity contribution in [2.45, 2.75) is 43.1 Å². The highest BCUT2D eigenvalue weighted by Gasteiger charge is 2.76. The van der Waals surface area contributed by atoms with Crippen LogP contribution in [0.15, 0.2) is 24.3 Å². The molecule has 1 aliphatic carbocycles. The average molecular weight is 370 g/mol. The molecule has 3 saturated heterocycles. The van der Waals surface area contributed by atoms with Crippen LogP contribution in [0, 0.1) is 17.8 Å². The maximum absolute atomic E-state index is 12.9. The Hall–Kier alpha value is -1.47. The predicted molar refractivity (Wildman–Crippen MR) is 98.1 cm³/mol. The first-order chi connectivity index (χ1) is 13.0. The largest absolute Gasteiger partial charge is 0.387 e. The highest BCUT2D eigenvalue weighted by molar-refractivity contribution is 5.98. The number of hydrogen-bond acceptors (Lipinski definition) is 5. The molecular formula is C21H26N2O4. The minimum absolute atomic E-state index is 0.154. The Morgan fingerprint density at radius 2 is 2.11 bits per heavy atom. The van der Waals surface area contributed by atoms with Gasteiger partial charge in [0.05, 0.1) is 24.2 Å². The minimum Gasteiger partial charge on any atom is -0.387 e. The van der Waals surface area contributed by atoms with E-state index in [-0.39, 0.29) is 24.0 Å². The van der Waals surface area contributed by atoms with E-state index in [9.17, 15) is 15.0 Å². The number of para-hydroxylation sites is 1. The number of rotatable bonds is 1. The van der Waals surface area contributed by atoms with Crippen molar-refractivity contribution in [3.63, 3.8) is 0 Å². The lowest BCUT2D eigenvalue weighted by molar-refractivity contribution is -0.249. The first-order valence-corrected chi connectivity index (χ1v) is 10.1. The second-order valence-electron chi connectivity index (χ2n) is 9.10. The van der Waals surface area contributed by atoms with Crippen LogP contribution in [-0.4, -0.2) is 65.2 Å². The molecule has 5 aliphatic rings. The molecule has 7 atom stereocenters. The first kappa shape index (κ1) is 16.5. The van der Waals surface area contributed by atoms with Crippen LogP contribution in [0.1, 0.15) is 25.3 Å². The molecule has 0 aromatic heterocycles. The fraction of sp³-hybridized carbons (Fsp3) is 0.667. The van der Waals surface area contributed by atoms with Crippen molar-refractivity contribution in [2.75, 3.05) is 31.2 Å². The van der Waals surface area contributed by atoms with Gasteiger partial charge in [-0.05, 0) is 37.3 Å². The van der Waals surface area contributed by atoms with E-state index in [0.717, 1.165) is 37.2 Å². The normalized spacial score (nSPS) is 46.9. The van der Waals surface area contributed by atoms with Gasteiger partial charge in [0.2, 0.25) is 0 Å². The second kappa shape index (κ2) is 5.11. The van der Waals surface area contributed by atoms with Crippen molar-refractivity contribution in [1.82, 2.24) is 4.90 Å². The zero-order chi connectivity index (χ0) is 18.6. The number of nitrogens with zero attached hydrogens (tertiary/aromatic N) is 2. The maximum atomic E-state index is 12.9. The summed E-state index contributed by atoms with van der Waals surface area (Å²) < 4.78 is 6.19. The van der Waals surface area contributed by atoms with E-state index in [1.54, 1.807) is 0 Å². The molecule has 6 nitrogen and oxygen atoms in total. The summed E-state index contributed by atoms with van der Waals surface area (Å²) >= 11 is 0. The zero-order valence-corrected chi connectivity index (χ0v) is 15.5. The van der Waals surface area contributed by atoms with Gasteiger partial charge in [0.1, 0.15) is 12.3 Å². The third-order valence-corrected chi connectivity index (χ3v) is 8.46. The molecule has 1 aromatic carbocycles. The molecule has 4 heterocycles. The van der Waals surface area contributed by atoms with Gasteiger partial charge in [-0.3, -0.25) is 9.69 Å². The van der Waals surface area contributed by atoms with Gasteiger partial charge < -0.3 is 19.8 Å². The molecule has 6 heteroatoms. The number of piperidine rings is 1. The van der Waals surface area contributed by atoms with Gasteiger partial charge in [-0.2, -0.15) is 0 Å². The Kier molecular flexibility index (Phi) is 3.12. The molecule has 6 rings (SSSR count). The SMILES string of the molecule is C[C@H]1OC[C@@H]2[C@H]3C[C@]4(O)N(CCC45c4ccccc4N(C(=O)CO)[C@@H]25)C[C@H]31. The van der Waals surface area contributed by atoms with Crippen molar-refractivity contribution in [3.8, 4) is 0 Å². The lowest BCUT2D eigenvalue weighted by atomic mass is 9.51. The van der Waals surface area contributed by atoms with Gasteiger partial charge in [0.25, 0.3) is 5.91 Å². The Labute approximate surface area is 158 Å². The molecule has 1 spiro atoms. The molecule has 27 heavy (non-hydrogen) atoms. The standard InChI is InChI=1S/C21H26N2O4/c1-12-14-9-22-7-6-20-16-4-2-3-5-17(16)23(18(25)10-24)19(20)15(11-27-12)13(14)8-21(20,22)26/h2-5,12-15,19,24,26H,6-11H2,1H3/t12-,13+,14+,15-,19+,20?,21-/m1/s1. The van der Waals surface area contributed by atoms with Crippen molar-refractivity contribution < 1.29 is 19.7 Å². The number of fused-ring (bicyclic) bond motifs is 2. The van der Waals surface area contributed by atoms with Crippen LogP contribution in [0.3, 0.4) is 0 Å². The van der Waals surface area contributed by atoms with Gasteiger partial charge in [0, 0.05) is 30.6 Å². The van der Waals surface area contributed by atoms with E-state index in [0.29, 0.717) is 18.4 Å². The lowest BCUT2D eigenvalue weighted by Gasteiger charge is -2.64. The molecule has 0 radical (unpaired) electrons. The number of amides is 1. The number of carbonyl (C=O) groups is 1. The molecule has 4 aliphatic heterocycles. The first-order valence-electron chi connectivity index (χ1n) is 10.1. The summed E-state index contributed by atoms with van der Waals surface area (Å²) in [6.07, 6.45) is 1.77. The summed E-state index contributed by atoms with van der Waals surface area (Å²) in [6, 6.07) is 7.83. The molecule has 2 bridgehead atoms. The van der Waals surface area contributed by atoms with Gasteiger partial charge in [-0.25, -0.2) is 0 Å². The molecule has 1 saturated carbocycles. The van der Waals surface area contributed by atoms with Crippen LogP contribution in [0.5, 0.6) is 0 Å². The Morgan fingerprint density at radius 1 is 1.30 bits per heavy atom. The smallest absolute Gasteiger partial charge is 0.252 e. The number of aliphatic hydroxyl groups excluding tert-OH is 1. The lowest BCUT2D eigenvalue weighted by Crippen LogP contribution is -2.75. The number of hydrogen-bond donors (Lipinski definition) is 2. The van der Waals surface area contributed by atoms with Gasteiger partial charge in [-0.15, -0.1) is 0 Å². The summed E-state index contributed by atoms with van der Waals surface area (Å²) in [5.74, 6) is 0.639. The third kappa shape index (κ3) is 1.66. The van der Waals surface area contributed by atoms with E-state index >= 15 is 0 Å². The maximum Gasteiger partial charge on any atom is 0.252 e. The molecule has 1 amide bonds. The molecule has 4 fully saturated rings. The number of benzene rings is 1. The zero-order valence-electron chi connectivity index (χ0n) is 15.5. The van der Waals surface area contributed by atoms with Crippen molar-refractivity contribution in [3.05, 3.63) is 29.8 Å². The predicted octanol–water partition coefficient (Wildman–Crippen LogP) is 0.711. The summed E-state index contributed by atoms with van der Waals surface area (Å²) in [4.78, 5) is 17.0. The Balaban J connectivity index is 1.62. The topological polar surface area (TPSA) is 73.2 Å². The van der Waals surface area contributed by atoms with Crippen LogP contribution >= 0.6 is 0 Å². The Bertz CT molecular complexity index is 830.